The van der Waals surface area contributed by atoms with Crippen molar-refractivity contribution < 1.29 is 4.79 Å². The SMILES string of the molecule is CCCN(C(=O)c1ccc2c(c1)nnn2C)C1CCNC1. The maximum absolute atomic E-state index is 12.8. The Labute approximate surface area is 124 Å². The molecule has 0 radical (unpaired) electrons. The number of nitrogens with zero attached hydrogens (tertiary/aromatic N) is 4. The van der Waals surface area contributed by atoms with Crippen molar-refractivity contribution in [2.45, 2.75) is 25.8 Å². The lowest BCUT2D eigenvalue weighted by Gasteiger charge is -2.28. The van der Waals surface area contributed by atoms with Crippen molar-refractivity contribution in [3.63, 3.8) is 0 Å². The fourth-order valence-corrected chi connectivity index (χ4v) is 2.94. The van der Waals surface area contributed by atoms with E-state index in [0.717, 1.165) is 43.5 Å². The minimum atomic E-state index is 0.0955. The number of hydrogen-bond donors (Lipinski definition) is 1. The molecule has 2 aromatic rings. The minimum Gasteiger partial charge on any atom is -0.334 e. The molecule has 1 aliphatic rings. The summed E-state index contributed by atoms with van der Waals surface area (Å²) in [5, 5.41) is 11.4. The van der Waals surface area contributed by atoms with Gasteiger partial charge in [0.1, 0.15) is 5.52 Å². The molecule has 1 fully saturated rings. The van der Waals surface area contributed by atoms with Crippen LogP contribution in [0.15, 0.2) is 18.2 Å². The summed E-state index contributed by atoms with van der Waals surface area (Å²) in [4.78, 5) is 14.8. The van der Waals surface area contributed by atoms with Gasteiger partial charge in [0.25, 0.3) is 5.91 Å². The summed E-state index contributed by atoms with van der Waals surface area (Å²) in [5.74, 6) is 0.0955. The van der Waals surface area contributed by atoms with Gasteiger partial charge in [-0.2, -0.15) is 0 Å². The lowest BCUT2D eigenvalue weighted by Crippen LogP contribution is -2.42. The molecule has 1 amide bonds. The summed E-state index contributed by atoms with van der Waals surface area (Å²) in [6.07, 6.45) is 1.99. The van der Waals surface area contributed by atoms with Gasteiger partial charge in [0.2, 0.25) is 0 Å². The maximum Gasteiger partial charge on any atom is 0.254 e. The van der Waals surface area contributed by atoms with E-state index in [9.17, 15) is 4.79 Å². The van der Waals surface area contributed by atoms with Gasteiger partial charge < -0.3 is 10.2 Å². The van der Waals surface area contributed by atoms with E-state index in [4.69, 9.17) is 0 Å². The molecule has 0 spiro atoms. The van der Waals surface area contributed by atoms with Crippen molar-refractivity contribution in [2.75, 3.05) is 19.6 Å². The Morgan fingerprint density at radius 3 is 3.10 bits per heavy atom. The Balaban J connectivity index is 1.89. The number of carbonyl (C=O) groups is 1. The molecule has 1 aromatic carbocycles. The summed E-state index contributed by atoms with van der Waals surface area (Å²) in [7, 11) is 1.85. The first-order valence-electron chi connectivity index (χ1n) is 7.52. The number of carbonyl (C=O) groups excluding carboxylic acids is 1. The fraction of sp³-hybridized carbons (Fsp3) is 0.533. The predicted octanol–water partition coefficient (Wildman–Crippen LogP) is 1.18. The molecule has 1 atom stereocenters. The number of aromatic nitrogens is 3. The van der Waals surface area contributed by atoms with Crippen LogP contribution in [0.4, 0.5) is 0 Å². The number of fused-ring (bicyclic) bond motifs is 1. The zero-order valence-corrected chi connectivity index (χ0v) is 12.5. The van der Waals surface area contributed by atoms with Crippen molar-refractivity contribution in [1.29, 1.82) is 0 Å². The first-order valence-corrected chi connectivity index (χ1v) is 7.52. The normalized spacial score (nSPS) is 18.3. The molecule has 1 aliphatic heterocycles. The van der Waals surface area contributed by atoms with Crippen LogP contribution < -0.4 is 5.32 Å². The van der Waals surface area contributed by atoms with Crippen LogP contribution in [0.25, 0.3) is 11.0 Å². The van der Waals surface area contributed by atoms with Gasteiger partial charge >= 0.3 is 0 Å². The molecule has 0 bridgehead atoms. The molecule has 1 N–H and O–H groups in total. The van der Waals surface area contributed by atoms with Crippen LogP contribution in [0.3, 0.4) is 0 Å². The smallest absolute Gasteiger partial charge is 0.254 e. The lowest BCUT2D eigenvalue weighted by molar-refractivity contribution is 0.0692. The fourth-order valence-electron chi connectivity index (χ4n) is 2.94. The summed E-state index contributed by atoms with van der Waals surface area (Å²) in [6, 6.07) is 5.93. The number of aryl methyl sites for hydroxylation is 1. The number of benzene rings is 1. The van der Waals surface area contributed by atoms with E-state index < -0.39 is 0 Å². The van der Waals surface area contributed by atoms with Gasteiger partial charge in [-0.1, -0.05) is 12.1 Å². The van der Waals surface area contributed by atoms with Crippen LogP contribution in [-0.2, 0) is 7.05 Å². The highest BCUT2D eigenvalue weighted by molar-refractivity contribution is 5.97. The van der Waals surface area contributed by atoms with E-state index in [1.807, 2.05) is 30.1 Å². The van der Waals surface area contributed by atoms with Crippen LogP contribution in [0.2, 0.25) is 0 Å². The molecule has 0 aliphatic carbocycles. The molecule has 2 heterocycles. The quantitative estimate of drug-likeness (QED) is 0.917. The highest BCUT2D eigenvalue weighted by Gasteiger charge is 2.26. The average molecular weight is 287 g/mol. The molecule has 3 rings (SSSR count). The van der Waals surface area contributed by atoms with E-state index in [0.29, 0.717) is 11.6 Å². The third-order valence-corrected chi connectivity index (χ3v) is 4.06. The first kappa shape index (κ1) is 14.0. The number of rotatable bonds is 4. The van der Waals surface area contributed by atoms with Gasteiger partial charge in [-0.05, 0) is 37.6 Å². The van der Waals surface area contributed by atoms with Crippen molar-refractivity contribution in [3.05, 3.63) is 23.8 Å². The van der Waals surface area contributed by atoms with Gasteiger partial charge in [-0.3, -0.25) is 4.79 Å². The number of amides is 1. The monoisotopic (exact) mass is 287 g/mol. The van der Waals surface area contributed by atoms with Gasteiger partial charge in [0, 0.05) is 31.7 Å². The second-order valence-electron chi connectivity index (χ2n) is 5.56. The number of hydrogen-bond acceptors (Lipinski definition) is 4. The maximum atomic E-state index is 12.8. The second kappa shape index (κ2) is 5.81. The Morgan fingerprint density at radius 2 is 2.38 bits per heavy atom. The van der Waals surface area contributed by atoms with E-state index in [2.05, 4.69) is 22.6 Å². The standard InChI is InChI=1S/C15H21N5O/c1-3-8-20(12-6-7-16-10-12)15(21)11-4-5-14-13(9-11)17-18-19(14)2/h4-5,9,12,16H,3,6-8,10H2,1-2H3. The summed E-state index contributed by atoms with van der Waals surface area (Å²) >= 11 is 0. The van der Waals surface area contributed by atoms with E-state index >= 15 is 0 Å². The summed E-state index contributed by atoms with van der Waals surface area (Å²) in [6.45, 7) is 4.78. The van der Waals surface area contributed by atoms with E-state index in [1.165, 1.54) is 0 Å². The van der Waals surface area contributed by atoms with E-state index in [1.54, 1.807) is 4.68 Å². The average Bonchev–Trinajstić information content (AvgIpc) is 3.14. The molecule has 1 unspecified atom stereocenters. The third kappa shape index (κ3) is 2.63. The molecule has 21 heavy (non-hydrogen) atoms. The molecule has 6 nitrogen and oxygen atoms in total. The molecule has 1 saturated heterocycles. The van der Waals surface area contributed by atoms with E-state index in [-0.39, 0.29) is 5.91 Å². The van der Waals surface area contributed by atoms with Crippen molar-refractivity contribution in [1.82, 2.24) is 25.2 Å². The topological polar surface area (TPSA) is 63.1 Å². The Morgan fingerprint density at radius 1 is 1.52 bits per heavy atom. The van der Waals surface area contributed by atoms with Crippen molar-refractivity contribution in [3.8, 4) is 0 Å². The largest absolute Gasteiger partial charge is 0.334 e. The molecular formula is C15H21N5O. The van der Waals surface area contributed by atoms with Crippen molar-refractivity contribution >= 4 is 16.9 Å². The molecule has 1 aromatic heterocycles. The third-order valence-electron chi connectivity index (χ3n) is 4.06. The Bertz CT molecular complexity index is 645. The first-order chi connectivity index (χ1) is 10.2. The van der Waals surface area contributed by atoms with Crippen LogP contribution in [0, 0.1) is 0 Å². The zero-order chi connectivity index (χ0) is 14.8. The van der Waals surface area contributed by atoms with Crippen LogP contribution in [0.1, 0.15) is 30.1 Å². The Hall–Kier alpha value is -1.95. The summed E-state index contributed by atoms with van der Waals surface area (Å²) < 4.78 is 1.72. The minimum absolute atomic E-state index is 0.0955. The highest BCUT2D eigenvalue weighted by Crippen LogP contribution is 2.17. The Kier molecular flexibility index (Phi) is 3.88. The van der Waals surface area contributed by atoms with Gasteiger partial charge in [-0.25, -0.2) is 4.68 Å². The predicted molar refractivity (Wildman–Crippen MR) is 81.1 cm³/mol. The van der Waals surface area contributed by atoms with Crippen LogP contribution >= 0.6 is 0 Å². The van der Waals surface area contributed by atoms with Crippen LogP contribution in [0.5, 0.6) is 0 Å². The molecule has 6 heteroatoms. The zero-order valence-electron chi connectivity index (χ0n) is 12.5. The molecule has 112 valence electrons. The molecule has 0 saturated carbocycles. The molecular weight excluding hydrogens is 266 g/mol. The number of nitrogens with one attached hydrogen (secondary N) is 1. The van der Waals surface area contributed by atoms with Gasteiger partial charge in [-0.15, -0.1) is 5.10 Å². The summed E-state index contributed by atoms with van der Waals surface area (Å²) in [5.41, 5.74) is 2.41. The highest BCUT2D eigenvalue weighted by atomic mass is 16.2. The van der Waals surface area contributed by atoms with Gasteiger partial charge in [0.05, 0.1) is 5.52 Å². The van der Waals surface area contributed by atoms with Gasteiger partial charge in [0.15, 0.2) is 0 Å². The lowest BCUT2D eigenvalue weighted by atomic mass is 10.1. The second-order valence-corrected chi connectivity index (χ2v) is 5.56. The van der Waals surface area contributed by atoms with Crippen LogP contribution in [-0.4, -0.2) is 51.5 Å². The van der Waals surface area contributed by atoms with Crippen molar-refractivity contribution in [2.24, 2.45) is 7.05 Å².